The molecule has 4 rings (SSSR count). The Morgan fingerprint density at radius 1 is 1.29 bits per heavy atom. The van der Waals surface area contributed by atoms with Gasteiger partial charge in [0.15, 0.2) is 5.13 Å². The zero-order chi connectivity index (χ0) is 25.7. The van der Waals surface area contributed by atoms with Gasteiger partial charge in [-0.15, -0.1) is 11.3 Å². The largest absolute Gasteiger partial charge is 0.444 e. The van der Waals surface area contributed by atoms with Crippen molar-refractivity contribution in [2.75, 3.05) is 5.32 Å². The first-order valence-electron chi connectivity index (χ1n) is 9.83. The lowest BCUT2D eigenvalue weighted by molar-refractivity contribution is -0.139. The zero-order valence-corrected chi connectivity index (χ0v) is 21.0. The highest BCUT2D eigenvalue weighted by atomic mass is 127. The second-order valence-corrected chi connectivity index (χ2v) is 8.98. The number of nitrogens with zero attached hydrogens (tertiary/aromatic N) is 3. The SMILES string of the molecule is Cc1oc2c(c1CC(=O)Nc1nc(-c3cccc(C(F)(F)F)c3F)cs1)c(=O)n(CI)c(=O)n2C. The molecule has 14 heteroatoms. The number of hydrogen-bond donors (Lipinski definition) is 1. The van der Waals surface area contributed by atoms with Crippen LogP contribution in [-0.2, 0) is 29.0 Å². The highest BCUT2D eigenvalue weighted by molar-refractivity contribution is 14.1. The lowest BCUT2D eigenvalue weighted by atomic mass is 10.1. The molecule has 0 aliphatic rings. The van der Waals surface area contributed by atoms with Crippen molar-refractivity contribution in [1.29, 1.82) is 0 Å². The first-order valence-corrected chi connectivity index (χ1v) is 12.2. The van der Waals surface area contributed by atoms with Gasteiger partial charge in [0.25, 0.3) is 5.56 Å². The predicted molar refractivity (Wildman–Crippen MR) is 129 cm³/mol. The lowest BCUT2D eigenvalue weighted by Crippen LogP contribution is -2.38. The van der Waals surface area contributed by atoms with Gasteiger partial charge in [0.2, 0.25) is 11.6 Å². The fraction of sp³-hybridized carbons (Fsp3) is 0.238. The lowest BCUT2D eigenvalue weighted by Gasteiger charge is -2.09. The number of fused-ring (bicyclic) bond motifs is 1. The summed E-state index contributed by atoms with van der Waals surface area (Å²) in [4.78, 5) is 41.9. The number of aryl methyl sites for hydroxylation is 2. The number of carbonyl (C=O) groups is 1. The second-order valence-electron chi connectivity index (χ2n) is 7.44. The molecular weight excluding hydrogens is 607 g/mol. The fourth-order valence-electron chi connectivity index (χ4n) is 3.56. The number of halogens is 5. The topological polar surface area (TPSA) is 99.1 Å². The molecule has 0 unspecified atom stereocenters. The van der Waals surface area contributed by atoms with Gasteiger partial charge in [-0.05, 0) is 19.1 Å². The molecule has 0 aliphatic heterocycles. The number of alkyl halides is 4. The van der Waals surface area contributed by atoms with E-state index in [0.29, 0.717) is 6.07 Å². The minimum Gasteiger partial charge on any atom is -0.444 e. The maximum Gasteiger partial charge on any atom is 0.419 e. The number of nitrogens with one attached hydrogen (secondary N) is 1. The van der Waals surface area contributed by atoms with Crippen LogP contribution in [0.25, 0.3) is 22.4 Å². The van der Waals surface area contributed by atoms with E-state index in [4.69, 9.17) is 4.42 Å². The van der Waals surface area contributed by atoms with Crippen LogP contribution in [-0.4, -0.2) is 20.0 Å². The summed E-state index contributed by atoms with van der Waals surface area (Å²) in [5, 5.41) is 3.96. The second kappa shape index (κ2) is 9.22. The van der Waals surface area contributed by atoms with Crippen molar-refractivity contribution in [3.8, 4) is 11.3 Å². The third kappa shape index (κ3) is 4.51. The summed E-state index contributed by atoms with van der Waals surface area (Å²) in [5.41, 5.74) is -2.65. The van der Waals surface area contributed by atoms with Gasteiger partial charge in [0.05, 0.1) is 22.2 Å². The minimum atomic E-state index is -4.86. The molecule has 0 atom stereocenters. The molecule has 3 heterocycles. The molecule has 1 amide bonds. The molecular formula is C21H15F4IN4O4S. The van der Waals surface area contributed by atoms with E-state index in [1.165, 1.54) is 17.0 Å². The van der Waals surface area contributed by atoms with Crippen LogP contribution in [0.3, 0.4) is 0 Å². The van der Waals surface area contributed by atoms with Gasteiger partial charge in [-0.3, -0.25) is 14.2 Å². The average molecular weight is 622 g/mol. The van der Waals surface area contributed by atoms with Crippen molar-refractivity contribution in [2.24, 2.45) is 7.05 Å². The zero-order valence-electron chi connectivity index (χ0n) is 18.0. The van der Waals surface area contributed by atoms with Gasteiger partial charge in [0.1, 0.15) is 17.0 Å². The van der Waals surface area contributed by atoms with E-state index in [0.717, 1.165) is 28.0 Å². The number of rotatable bonds is 5. The number of aromatic nitrogens is 3. The maximum atomic E-state index is 14.4. The number of hydrogen-bond acceptors (Lipinski definition) is 6. The van der Waals surface area contributed by atoms with Crippen LogP contribution >= 0.6 is 33.9 Å². The molecule has 0 bridgehead atoms. The van der Waals surface area contributed by atoms with E-state index in [2.05, 4.69) is 10.3 Å². The maximum absolute atomic E-state index is 14.4. The van der Waals surface area contributed by atoms with Gasteiger partial charge >= 0.3 is 11.9 Å². The van der Waals surface area contributed by atoms with Crippen molar-refractivity contribution in [2.45, 2.75) is 24.1 Å². The standard InChI is InChI=1S/C21H15F4IN4O4S/c1-9-11(15-17(32)30(8-26)20(33)29(2)18(15)34-9)6-14(31)28-19-27-13(7-35-19)10-4-3-5-12(16(10)22)21(23,24)25/h3-5,7H,6,8H2,1-2H3,(H,27,28,31). The van der Waals surface area contributed by atoms with Crippen LogP contribution in [0.1, 0.15) is 16.9 Å². The number of carbonyl (C=O) groups excluding carboxylic acids is 1. The summed E-state index contributed by atoms with van der Waals surface area (Å²) in [5.74, 6) is -1.77. The molecule has 0 saturated carbocycles. The summed E-state index contributed by atoms with van der Waals surface area (Å²) in [6, 6.07) is 2.86. The summed E-state index contributed by atoms with van der Waals surface area (Å²) in [7, 11) is 1.45. The summed E-state index contributed by atoms with van der Waals surface area (Å²) in [6.07, 6.45) is -5.15. The van der Waals surface area contributed by atoms with Crippen molar-refractivity contribution in [3.63, 3.8) is 0 Å². The van der Waals surface area contributed by atoms with Crippen LogP contribution in [0.2, 0.25) is 0 Å². The third-order valence-electron chi connectivity index (χ3n) is 5.26. The Morgan fingerprint density at radius 2 is 2.00 bits per heavy atom. The molecule has 0 aliphatic carbocycles. The summed E-state index contributed by atoms with van der Waals surface area (Å²) < 4.78 is 61.3. The Hall–Kier alpha value is -3.01. The van der Waals surface area contributed by atoms with Crippen molar-refractivity contribution >= 4 is 56.1 Å². The van der Waals surface area contributed by atoms with Gasteiger partial charge in [-0.1, -0.05) is 28.7 Å². The molecule has 0 spiro atoms. The molecule has 1 aromatic carbocycles. The van der Waals surface area contributed by atoms with E-state index >= 15 is 0 Å². The first-order chi connectivity index (χ1) is 16.4. The van der Waals surface area contributed by atoms with Gasteiger partial charge < -0.3 is 9.73 Å². The molecule has 184 valence electrons. The Morgan fingerprint density at radius 3 is 2.66 bits per heavy atom. The molecule has 0 fully saturated rings. The van der Waals surface area contributed by atoms with Gasteiger partial charge in [-0.25, -0.2) is 18.7 Å². The van der Waals surface area contributed by atoms with E-state index in [1.54, 1.807) is 6.92 Å². The fourth-order valence-corrected chi connectivity index (χ4v) is 4.88. The van der Waals surface area contributed by atoms with E-state index in [-0.39, 0.29) is 49.8 Å². The Balaban J connectivity index is 1.62. The molecule has 0 radical (unpaired) electrons. The highest BCUT2D eigenvalue weighted by Gasteiger charge is 2.35. The van der Waals surface area contributed by atoms with Crippen LogP contribution in [0.4, 0.5) is 22.7 Å². The molecule has 4 aromatic rings. The van der Waals surface area contributed by atoms with Gasteiger partial charge in [-0.2, -0.15) is 13.2 Å². The Labute approximate surface area is 211 Å². The van der Waals surface area contributed by atoms with Crippen molar-refractivity contribution in [3.05, 3.63) is 67.1 Å². The van der Waals surface area contributed by atoms with Crippen LogP contribution in [0.5, 0.6) is 0 Å². The van der Waals surface area contributed by atoms with E-state index in [1.807, 2.05) is 22.6 Å². The highest BCUT2D eigenvalue weighted by Crippen LogP contribution is 2.36. The number of thiazole rings is 1. The van der Waals surface area contributed by atoms with Crippen LogP contribution in [0, 0.1) is 12.7 Å². The van der Waals surface area contributed by atoms with Crippen LogP contribution < -0.4 is 16.6 Å². The normalized spacial score (nSPS) is 11.9. The van der Waals surface area contributed by atoms with Crippen molar-refractivity contribution < 1.29 is 26.8 Å². The summed E-state index contributed by atoms with van der Waals surface area (Å²) >= 11 is 2.77. The van der Waals surface area contributed by atoms with Crippen molar-refractivity contribution in [1.82, 2.24) is 14.1 Å². The number of benzene rings is 1. The summed E-state index contributed by atoms with van der Waals surface area (Å²) in [6.45, 7) is 1.55. The van der Waals surface area contributed by atoms with E-state index < -0.39 is 34.7 Å². The minimum absolute atomic E-state index is 0.0318. The van der Waals surface area contributed by atoms with Gasteiger partial charge in [0, 0.05) is 23.6 Å². The van der Waals surface area contributed by atoms with E-state index in [9.17, 15) is 31.9 Å². The number of anilines is 1. The molecule has 1 N–H and O–H groups in total. The molecule has 3 aromatic heterocycles. The Kier molecular flexibility index (Phi) is 6.61. The average Bonchev–Trinajstić information content (AvgIpc) is 3.36. The number of furan rings is 1. The number of amides is 1. The third-order valence-corrected chi connectivity index (χ3v) is 6.70. The predicted octanol–water partition coefficient (Wildman–Crippen LogP) is 4.46. The Bertz CT molecular complexity index is 1590. The molecule has 8 nitrogen and oxygen atoms in total. The van der Waals surface area contributed by atoms with Crippen LogP contribution in [0.15, 0.2) is 37.6 Å². The quantitative estimate of drug-likeness (QED) is 0.202. The first kappa shape index (κ1) is 25.1. The molecule has 35 heavy (non-hydrogen) atoms. The monoisotopic (exact) mass is 622 g/mol. The molecule has 0 saturated heterocycles. The smallest absolute Gasteiger partial charge is 0.419 e.